The van der Waals surface area contributed by atoms with E-state index < -0.39 is 0 Å². The molecule has 3 aromatic carbocycles. The third-order valence-electron chi connectivity index (χ3n) is 5.34. The Morgan fingerprint density at radius 2 is 1.73 bits per heavy atom. The summed E-state index contributed by atoms with van der Waals surface area (Å²) < 4.78 is 0. The minimum Gasteiger partial charge on any atom is -0.354 e. The van der Waals surface area contributed by atoms with Crippen molar-refractivity contribution in [2.45, 2.75) is 33.1 Å². The zero-order valence-electron chi connectivity index (χ0n) is 15.6. The van der Waals surface area contributed by atoms with Crippen molar-refractivity contribution >= 4 is 21.7 Å². The highest BCUT2D eigenvalue weighted by Crippen LogP contribution is 2.36. The summed E-state index contributed by atoms with van der Waals surface area (Å²) in [7, 11) is 0. The Balaban J connectivity index is 1.97. The predicted octanol–water partition coefficient (Wildman–Crippen LogP) is 5.89. The number of aryl methyl sites for hydroxylation is 3. The molecule has 0 amide bonds. The number of H-pyrrole nitrogens is 1. The number of aromatic amines is 1. The normalized spacial score (nSPS) is 11.5. The van der Waals surface area contributed by atoms with Crippen LogP contribution in [0.3, 0.4) is 0 Å². The third-order valence-corrected chi connectivity index (χ3v) is 5.34. The molecule has 0 aliphatic carbocycles. The molecule has 26 heavy (non-hydrogen) atoms. The van der Waals surface area contributed by atoms with Crippen molar-refractivity contribution in [2.24, 2.45) is 5.73 Å². The molecule has 2 heteroatoms. The average Bonchev–Trinajstić information content (AvgIpc) is 3.01. The standard InChI is InChI=1S/C24H26N2/c1-16-10-12-19(17(2)15-16)23-21(9-5-6-14-25)22-13-11-18-7-3-4-8-20(18)24(22)26-23/h3-4,7-8,10-13,15,26H,5-6,9,14,25H2,1-2H3. The van der Waals surface area contributed by atoms with Gasteiger partial charge in [-0.25, -0.2) is 0 Å². The highest BCUT2D eigenvalue weighted by molar-refractivity contribution is 6.08. The molecule has 3 N–H and O–H groups in total. The number of rotatable bonds is 5. The molecule has 0 saturated heterocycles. The number of hydrogen-bond donors (Lipinski definition) is 2. The summed E-state index contributed by atoms with van der Waals surface area (Å²) in [5.74, 6) is 0. The van der Waals surface area contributed by atoms with E-state index in [2.05, 4.69) is 73.4 Å². The maximum atomic E-state index is 5.74. The van der Waals surface area contributed by atoms with Gasteiger partial charge < -0.3 is 10.7 Å². The lowest BCUT2D eigenvalue weighted by atomic mass is 9.96. The number of nitrogens with one attached hydrogen (secondary N) is 1. The van der Waals surface area contributed by atoms with E-state index >= 15 is 0 Å². The summed E-state index contributed by atoms with van der Waals surface area (Å²) in [6, 6.07) is 19.9. The van der Waals surface area contributed by atoms with Gasteiger partial charge in [0.25, 0.3) is 0 Å². The third kappa shape index (κ3) is 2.91. The minimum atomic E-state index is 0.754. The largest absolute Gasteiger partial charge is 0.354 e. The molecular weight excluding hydrogens is 316 g/mol. The van der Waals surface area contributed by atoms with Crippen LogP contribution in [0.4, 0.5) is 0 Å². The van der Waals surface area contributed by atoms with E-state index in [1.165, 1.54) is 49.6 Å². The fourth-order valence-corrected chi connectivity index (χ4v) is 4.02. The van der Waals surface area contributed by atoms with E-state index in [0.717, 1.165) is 25.8 Å². The highest BCUT2D eigenvalue weighted by Gasteiger charge is 2.16. The summed E-state index contributed by atoms with van der Waals surface area (Å²) in [6.45, 7) is 5.11. The van der Waals surface area contributed by atoms with E-state index in [1.807, 2.05) is 0 Å². The van der Waals surface area contributed by atoms with Crippen molar-refractivity contribution < 1.29 is 0 Å². The van der Waals surface area contributed by atoms with Gasteiger partial charge >= 0.3 is 0 Å². The summed E-state index contributed by atoms with van der Waals surface area (Å²) in [5, 5.41) is 3.92. The molecule has 0 spiro atoms. The van der Waals surface area contributed by atoms with E-state index in [0.29, 0.717) is 0 Å². The van der Waals surface area contributed by atoms with Crippen molar-refractivity contribution in [3.05, 3.63) is 71.3 Å². The Hall–Kier alpha value is -2.58. The number of nitrogens with two attached hydrogens (primary N) is 1. The zero-order valence-corrected chi connectivity index (χ0v) is 15.6. The van der Waals surface area contributed by atoms with Crippen LogP contribution in [0.5, 0.6) is 0 Å². The number of aromatic nitrogens is 1. The summed E-state index contributed by atoms with van der Waals surface area (Å²) in [6.07, 6.45) is 3.24. The SMILES string of the molecule is Cc1ccc(-c2[nH]c3c(ccc4ccccc43)c2CCCCN)c(C)c1. The first-order valence-corrected chi connectivity index (χ1v) is 9.49. The monoisotopic (exact) mass is 342 g/mol. The molecule has 1 heterocycles. The van der Waals surface area contributed by atoms with Crippen LogP contribution in [0.1, 0.15) is 29.5 Å². The maximum Gasteiger partial charge on any atom is 0.0541 e. The average molecular weight is 342 g/mol. The molecule has 0 radical (unpaired) electrons. The van der Waals surface area contributed by atoms with Crippen LogP contribution >= 0.6 is 0 Å². The van der Waals surface area contributed by atoms with E-state index in [-0.39, 0.29) is 0 Å². The Morgan fingerprint density at radius 1 is 0.885 bits per heavy atom. The van der Waals surface area contributed by atoms with Gasteiger partial charge in [-0.15, -0.1) is 0 Å². The van der Waals surface area contributed by atoms with Crippen LogP contribution in [0, 0.1) is 13.8 Å². The first-order valence-electron chi connectivity index (χ1n) is 9.49. The fourth-order valence-electron chi connectivity index (χ4n) is 4.02. The van der Waals surface area contributed by atoms with Gasteiger partial charge in [-0.3, -0.25) is 0 Å². The molecule has 4 rings (SSSR count). The van der Waals surface area contributed by atoms with Crippen LogP contribution in [0.2, 0.25) is 0 Å². The van der Waals surface area contributed by atoms with Crippen LogP contribution in [0.15, 0.2) is 54.6 Å². The quantitative estimate of drug-likeness (QED) is 0.436. The molecule has 0 saturated carbocycles. The first kappa shape index (κ1) is 16.9. The molecule has 0 aliphatic heterocycles. The molecule has 0 bridgehead atoms. The van der Waals surface area contributed by atoms with Crippen molar-refractivity contribution in [2.75, 3.05) is 6.54 Å². The molecule has 2 nitrogen and oxygen atoms in total. The lowest BCUT2D eigenvalue weighted by Gasteiger charge is -2.09. The summed E-state index contributed by atoms with van der Waals surface area (Å²) >= 11 is 0. The second-order valence-electron chi connectivity index (χ2n) is 7.25. The lowest BCUT2D eigenvalue weighted by Crippen LogP contribution is -1.99. The van der Waals surface area contributed by atoms with Gasteiger partial charge in [0.15, 0.2) is 0 Å². The van der Waals surface area contributed by atoms with Gasteiger partial charge in [-0.1, -0.05) is 60.2 Å². The van der Waals surface area contributed by atoms with Crippen molar-refractivity contribution in [3.8, 4) is 11.3 Å². The maximum absolute atomic E-state index is 5.74. The Kier molecular flexibility index (Phi) is 4.52. The number of hydrogen-bond acceptors (Lipinski definition) is 1. The fraction of sp³-hybridized carbons (Fsp3) is 0.250. The molecule has 4 aromatic rings. The highest BCUT2D eigenvalue weighted by atomic mass is 14.7. The van der Waals surface area contributed by atoms with Crippen molar-refractivity contribution in [1.82, 2.24) is 4.98 Å². The second-order valence-corrected chi connectivity index (χ2v) is 7.25. The predicted molar refractivity (Wildman–Crippen MR) is 113 cm³/mol. The van der Waals surface area contributed by atoms with Gasteiger partial charge in [-0.2, -0.15) is 0 Å². The van der Waals surface area contributed by atoms with E-state index in [9.17, 15) is 0 Å². The van der Waals surface area contributed by atoms with Crippen LogP contribution in [0.25, 0.3) is 32.9 Å². The molecule has 1 aromatic heterocycles. The zero-order chi connectivity index (χ0) is 18.1. The molecule has 0 fully saturated rings. The van der Waals surface area contributed by atoms with Gasteiger partial charge in [0.05, 0.1) is 5.52 Å². The number of benzene rings is 3. The number of unbranched alkanes of at least 4 members (excludes halogenated alkanes) is 1. The number of fused-ring (bicyclic) bond motifs is 3. The van der Waals surface area contributed by atoms with Gasteiger partial charge in [0, 0.05) is 22.0 Å². The van der Waals surface area contributed by atoms with Gasteiger partial charge in [0.2, 0.25) is 0 Å². The smallest absolute Gasteiger partial charge is 0.0541 e. The lowest BCUT2D eigenvalue weighted by molar-refractivity contribution is 0.748. The molecule has 132 valence electrons. The summed E-state index contributed by atoms with van der Waals surface area (Å²) in [5.41, 5.74) is 13.6. The van der Waals surface area contributed by atoms with Crippen LogP contribution in [-0.2, 0) is 6.42 Å². The molecular formula is C24H26N2. The Labute approximate surface area is 155 Å². The van der Waals surface area contributed by atoms with Crippen LogP contribution < -0.4 is 5.73 Å². The first-order chi connectivity index (χ1) is 12.7. The minimum absolute atomic E-state index is 0.754. The van der Waals surface area contributed by atoms with Crippen molar-refractivity contribution in [3.63, 3.8) is 0 Å². The molecule has 0 aliphatic rings. The second kappa shape index (κ2) is 6.97. The molecule has 0 unspecified atom stereocenters. The van der Waals surface area contributed by atoms with Crippen LogP contribution in [-0.4, -0.2) is 11.5 Å². The van der Waals surface area contributed by atoms with Gasteiger partial charge in [0.1, 0.15) is 0 Å². The van der Waals surface area contributed by atoms with E-state index in [4.69, 9.17) is 5.73 Å². The van der Waals surface area contributed by atoms with E-state index in [1.54, 1.807) is 0 Å². The summed E-state index contributed by atoms with van der Waals surface area (Å²) in [4.78, 5) is 3.78. The topological polar surface area (TPSA) is 41.8 Å². The van der Waals surface area contributed by atoms with Crippen molar-refractivity contribution in [1.29, 1.82) is 0 Å². The molecule has 0 atom stereocenters. The van der Waals surface area contributed by atoms with Gasteiger partial charge in [-0.05, 0) is 56.2 Å². The Bertz CT molecular complexity index is 1070. The Morgan fingerprint density at radius 3 is 2.54 bits per heavy atom.